The van der Waals surface area contributed by atoms with E-state index in [9.17, 15) is 4.79 Å². The van der Waals surface area contributed by atoms with E-state index in [0.29, 0.717) is 32.0 Å². The molecule has 1 unspecified atom stereocenters. The van der Waals surface area contributed by atoms with Crippen molar-refractivity contribution in [3.63, 3.8) is 0 Å². The Morgan fingerprint density at radius 1 is 1.23 bits per heavy atom. The van der Waals surface area contributed by atoms with E-state index in [-0.39, 0.29) is 11.8 Å². The highest BCUT2D eigenvalue weighted by Gasteiger charge is 2.25. The zero-order valence-corrected chi connectivity index (χ0v) is 15.1. The molecule has 0 saturated heterocycles. The Hall–Kier alpha value is -2.74. The van der Waals surface area contributed by atoms with Crippen molar-refractivity contribution in [2.75, 3.05) is 18.4 Å². The highest BCUT2D eigenvalue weighted by Crippen LogP contribution is 2.18. The summed E-state index contributed by atoms with van der Waals surface area (Å²) in [5.41, 5.74) is 2.15. The van der Waals surface area contributed by atoms with Crippen LogP contribution in [0.15, 0.2) is 47.5 Å². The van der Waals surface area contributed by atoms with E-state index in [1.807, 2.05) is 32.5 Å². The number of nitrogens with one attached hydrogen (secondary N) is 1. The molecule has 4 rings (SSSR count). The van der Waals surface area contributed by atoms with Gasteiger partial charge in [0, 0.05) is 44.1 Å². The number of carbonyl (C=O) groups excluding carboxylic acids is 1. The molecule has 0 saturated carbocycles. The Bertz CT molecular complexity index is 848. The summed E-state index contributed by atoms with van der Waals surface area (Å²) in [5.74, 6) is 0.985. The van der Waals surface area contributed by atoms with E-state index in [2.05, 4.69) is 20.4 Å². The third-order valence-electron chi connectivity index (χ3n) is 4.47. The van der Waals surface area contributed by atoms with Crippen LogP contribution in [0.2, 0.25) is 0 Å². The number of fused-ring (bicyclic) bond motifs is 1. The molecule has 0 aliphatic carbocycles. The quantitative estimate of drug-likeness (QED) is 0.746. The molecule has 1 aliphatic heterocycles. The third kappa shape index (κ3) is 3.91. The molecule has 26 heavy (non-hydrogen) atoms. The second-order valence-electron chi connectivity index (χ2n) is 6.41. The maximum absolute atomic E-state index is 12.8. The minimum atomic E-state index is 0.152. The Morgan fingerprint density at radius 2 is 2.12 bits per heavy atom. The lowest BCUT2D eigenvalue weighted by atomic mass is 10.1. The molecule has 0 radical (unpaired) electrons. The first-order chi connectivity index (χ1) is 12.8. The van der Waals surface area contributed by atoms with Gasteiger partial charge in [-0.3, -0.25) is 9.48 Å². The standard InChI is InChI=1S/C18H20N6OS/c25-17(8-14-3-7-26-13-14)23-10-15(9-21-18-19-4-1-5-20-18)11-24-16(12-23)2-6-22-24/h1-7,13,15H,8-12H2,(H,19,20,21). The van der Waals surface area contributed by atoms with Gasteiger partial charge >= 0.3 is 0 Å². The van der Waals surface area contributed by atoms with Crippen molar-refractivity contribution >= 4 is 23.2 Å². The van der Waals surface area contributed by atoms with Crippen LogP contribution in [0.1, 0.15) is 11.3 Å². The van der Waals surface area contributed by atoms with Crippen molar-refractivity contribution < 1.29 is 4.79 Å². The van der Waals surface area contributed by atoms with Crippen LogP contribution in [0.5, 0.6) is 0 Å². The minimum absolute atomic E-state index is 0.152. The predicted molar refractivity (Wildman–Crippen MR) is 99.7 cm³/mol. The number of anilines is 1. The first-order valence-corrected chi connectivity index (χ1v) is 9.52. The van der Waals surface area contributed by atoms with Gasteiger partial charge in [-0.1, -0.05) is 0 Å². The molecular weight excluding hydrogens is 348 g/mol. The van der Waals surface area contributed by atoms with E-state index in [1.54, 1.807) is 36.0 Å². The van der Waals surface area contributed by atoms with Crippen molar-refractivity contribution in [1.82, 2.24) is 24.6 Å². The van der Waals surface area contributed by atoms with E-state index in [1.165, 1.54) is 0 Å². The van der Waals surface area contributed by atoms with Crippen LogP contribution < -0.4 is 5.32 Å². The number of rotatable bonds is 5. The average Bonchev–Trinajstić information content (AvgIpc) is 3.29. The molecule has 0 bridgehead atoms. The molecule has 1 aliphatic rings. The van der Waals surface area contributed by atoms with Crippen molar-refractivity contribution in [3.05, 3.63) is 58.8 Å². The first-order valence-electron chi connectivity index (χ1n) is 8.58. The highest BCUT2D eigenvalue weighted by atomic mass is 32.1. The Morgan fingerprint density at radius 3 is 2.92 bits per heavy atom. The molecule has 1 amide bonds. The van der Waals surface area contributed by atoms with Crippen LogP contribution in [0.4, 0.5) is 5.95 Å². The van der Waals surface area contributed by atoms with Crippen molar-refractivity contribution in [2.24, 2.45) is 5.92 Å². The number of thiophene rings is 1. The fourth-order valence-electron chi connectivity index (χ4n) is 3.16. The second-order valence-corrected chi connectivity index (χ2v) is 7.19. The minimum Gasteiger partial charge on any atom is -0.354 e. The lowest BCUT2D eigenvalue weighted by Crippen LogP contribution is -2.37. The van der Waals surface area contributed by atoms with E-state index in [0.717, 1.165) is 17.8 Å². The second kappa shape index (κ2) is 7.65. The van der Waals surface area contributed by atoms with Gasteiger partial charge < -0.3 is 10.2 Å². The van der Waals surface area contributed by atoms with Crippen molar-refractivity contribution in [1.29, 1.82) is 0 Å². The summed E-state index contributed by atoms with van der Waals surface area (Å²) in [7, 11) is 0. The van der Waals surface area contributed by atoms with E-state index >= 15 is 0 Å². The van der Waals surface area contributed by atoms with Crippen LogP contribution in [0.25, 0.3) is 0 Å². The van der Waals surface area contributed by atoms with Gasteiger partial charge in [0.25, 0.3) is 0 Å². The molecule has 1 atom stereocenters. The molecule has 3 aromatic heterocycles. The number of amides is 1. The van der Waals surface area contributed by atoms with Crippen molar-refractivity contribution in [3.8, 4) is 0 Å². The lowest BCUT2D eigenvalue weighted by Gasteiger charge is -2.24. The first kappa shape index (κ1) is 16.7. The van der Waals surface area contributed by atoms with Crippen LogP contribution in [-0.4, -0.2) is 43.6 Å². The van der Waals surface area contributed by atoms with Gasteiger partial charge in [-0.05, 0) is 34.5 Å². The summed E-state index contributed by atoms with van der Waals surface area (Å²) < 4.78 is 2.00. The molecule has 4 heterocycles. The lowest BCUT2D eigenvalue weighted by molar-refractivity contribution is -0.131. The molecule has 0 spiro atoms. The average molecular weight is 368 g/mol. The molecule has 8 heteroatoms. The maximum atomic E-state index is 12.8. The molecule has 134 valence electrons. The molecule has 7 nitrogen and oxygen atoms in total. The highest BCUT2D eigenvalue weighted by molar-refractivity contribution is 7.08. The zero-order chi connectivity index (χ0) is 17.8. The monoisotopic (exact) mass is 368 g/mol. The largest absolute Gasteiger partial charge is 0.354 e. The number of nitrogens with zero attached hydrogens (tertiary/aromatic N) is 5. The fraction of sp³-hybridized carbons (Fsp3) is 0.333. The molecule has 0 fully saturated rings. The van der Waals surface area contributed by atoms with Gasteiger partial charge in [0.05, 0.1) is 18.7 Å². The van der Waals surface area contributed by atoms with Crippen molar-refractivity contribution in [2.45, 2.75) is 19.5 Å². The van der Waals surface area contributed by atoms with Crippen LogP contribution in [-0.2, 0) is 24.3 Å². The van der Waals surface area contributed by atoms with E-state index in [4.69, 9.17) is 0 Å². The van der Waals surface area contributed by atoms with Crippen LogP contribution >= 0.6 is 11.3 Å². The smallest absolute Gasteiger partial charge is 0.227 e. The van der Waals surface area contributed by atoms with Gasteiger partial charge in [-0.25, -0.2) is 9.97 Å². The Balaban J connectivity index is 1.47. The van der Waals surface area contributed by atoms with Gasteiger partial charge in [0.2, 0.25) is 11.9 Å². The molecule has 0 aromatic carbocycles. The normalized spacial score (nSPS) is 16.8. The number of hydrogen-bond donors (Lipinski definition) is 1. The molecule has 3 aromatic rings. The Kier molecular flexibility index (Phi) is 4.92. The number of aromatic nitrogens is 4. The summed E-state index contributed by atoms with van der Waals surface area (Å²) in [6.07, 6.45) is 5.67. The SMILES string of the molecule is O=C(Cc1ccsc1)N1Cc2ccnn2CC(CNc2ncccn2)C1. The summed E-state index contributed by atoms with van der Waals surface area (Å²) in [6.45, 7) is 2.74. The summed E-state index contributed by atoms with van der Waals surface area (Å²) in [5, 5.41) is 11.7. The summed E-state index contributed by atoms with van der Waals surface area (Å²) in [4.78, 5) is 23.2. The Labute approximate surface area is 155 Å². The van der Waals surface area contributed by atoms with Gasteiger partial charge in [0.1, 0.15) is 0 Å². The molecular formula is C18H20N6OS. The zero-order valence-electron chi connectivity index (χ0n) is 14.3. The van der Waals surface area contributed by atoms with Crippen LogP contribution in [0, 0.1) is 5.92 Å². The maximum Gasteiger partial charge on any atom is 0.227 e. The molecule has 1 N–H and O–H groups in total. The predicted octanol–water partition coefficient (Wildman–Crippen LogP) is 2.05. The van der Waals surface area contributed by atoms with Crippen LogP contribution in [0.3, 0.4) is 0 Å². The number of hydrogen-bond acceptors (Lipinski definition) is 6. The van der Waals surface area contributed by atoms with E-state index < -0.39 is 0 Å². The summed E-state index contributed by atoms with van der Waals surface area (Å²) >= 11 is 1.62. The fourth-order valence-corrected chi connectivity index (χ4v) is 3.83. The van der Waals surface area contributed by atoms with Gasteiger partial charge in [-0.15, -0.1) is 0 Å². The number of carbonyl (C=O) groups is 1. The summed E-state index contributed by atoms with van der Waals surface area (Å²) in [6, 6.07) is 5.79. The topological polar surface area (TPSA) is 75.9 Å². The van der Waals surface area contributed by atoms with Gasteiger partial charge in [-0.2, -0.15) is 16.4 Å². The third-order valence-corrected chi connectivity index (χ3v) is 5.20. The van der Waals surface area contributed by atoms with Gasteiger partial charge in [0.15, 0.2) is 0 Å².